The van der Waals surface area contributed by atoms with Crippen molar-refractivity contribution in [3.8, 4) is 5.69 Å². The van der Waals surface area contributed by atoms with Crippen LogP contribution in [0.5, 0.6) is 0 Å². The molecule has 2 aromatic rings. The van der Waals surface area contributed by atoms with Crippen molar-refractivity contribution in [2.45, 2.75) is 5.78 Å². The van der Waals surface area contributed by atoms with Gasteiger partial charge in [-0.2, -0.15) is 19.8 Å². The highest BCUT2D eigenvalue weighted by Gasteiger charge is 2.44. The minimum absolute atomic E-state index is 0.571. The van der Waals surface area contributed by atoms with Crippen molar-refractivity contribution in [1.29, 1.82) is 0 Å². The zero-order valence-electron chi connectivity index (χ0n) is 9.01. The third-order valence-corrected chi connectivity index (χ3v) is 3.60. The van der Waals surface area contributed by atoms with E-state index in [1.165, 1.54) is 0 Å². The number of quaternary nitrogens is 1. The van der Waals surface area contributed by atoms with Crippen molar-refractivity contribution < 1.29 is 20.4 Å². The summed E-state index contributed by atoms with van der Waals surface area (Å²) in [5.41, 5.74) is 4.97. The predicted molar refractivity (Wildman–Crippen MR) is 62.8 cm³/mol. The topological polar surface area (TPSA) is 106 Å². The molecule has 0 aliphatic heterocycles. The van der Waals surface area contributed by atoms with Crippen molar-refractivity contribution in [3.63, 3.8) is 0 Å². The molecule has 1 heterocycles. The Hall–Kier alpha value is -1.30. The minimum atomic E-state index is -3.94. The highest BCUT2D eigenvalue weighted by molar-refractivity contribution is 7.58. The Kier molecular flexibility index (Phi) is 3.24. The summed E-state index contributed by atoms with van der Waals surface area (Å²) in [4.78, 5) is 27.4. The van der Waals surface area contributed by atoms with E-state index in [0.717, 1.165) is 5.69 Å². The van der Waals surface area contributed by atoms with Gasteiger partial charge in [0.2, 0.25) is 0 Å². The fraction of sp³-hybridized carbons (Fsp3) is 0.100. The summed E-state index contributed by atoms with van der Waals surface area (Å²) in [6.45, 7) is 0. The second kappa shape index (κ2) is 4.52. The molecule has 7 heteroatoms. The smallest absolute Gasteiger partial charge is 0.313 e. The van der Waals surface area contributed by atoms with Crippen LogP contribution in [0.25, 0.3) is 5.69 Å². The van der Waals surface area contributed by atoms with Gasteiger partial charge in [-0.25, -0.2) is 4.68 Å². The molecule has 1 aromatic carbocycles. The Morgan fingerprint density at radius 2 is 1.82 bits per heavy atom. The van der Waals surface area contributed by atoms with Crippen LogP contribution in [0, 0.1) is 0 Å². The maximum atomic E-state index is 9.14. The number of nitrogens with zero attached hydrogens (tertiary/aromatic N) is 2. The second-order valence-electron chi connectivity index (χ2n) is 3.67. The van der Waals surface area contributed by atoms with E-state index in [-0.39, 0.29) is 0 Å². The lowest BCUT2D eigenvalue weighted by molar-refractivity contribution is -0.401. The van der Waals surface area contributed by atoms with Crippen LogP contribution in [0.2, 0.25) is 0 Å². The lowest BCUT2D eigenvalue weighted by atomic mass is 10.2. The van der Waals surface area contributed by atoms with Gasteiger partial charge in [0, 0.05) is 12.4 Å². The summed E-state index contributed by atoms with van der Waals surface area (Å²) in [7, 11) is -3.94. The summed E-state index contributed by atoms with van der Waals surface area (Å²) in [5.74, 6) is -0.922. The number of hydrogen-bond acceptors (Lipinski definition) is 4. The number of aromatic nitrogens is 2. The molecule has 0 aliphatic rings. The maximum Gasteiger partial charge on any atom is 0.470 e. The average molecular weight is 255 g/mol. The zero-order chi connectivity index (χ0) is 12.5. The van der Waals surface area contributed by atoms with E-state index in [9.17, 15) is 0 Å². The van der Waals surface area contributed by atoms with Gasteiger partial charge in [0.25, 0.3) is 5.78 Å². The summed E-state index contributed by atoms with van der Waals surface area (Å²) >= 11 is 0. The zero-order valence-corrected chi connectivity index (χ0v) is 9.90. The fourth-order valence-corrected chi connectivity index (χ4v) is 2.04. The van der Waals surface area contributed by atoms with E-state index in [0.29, 0.717) is 5.56 Å². The second-order valence-corrected chi connectivity index (χ2v) is 5.53. The Balaban J connectivity index is 2.25. The highest BCUT2D eigenvalue weighted by Crippen LogP contribution is 2.54. The molecule has 0 spiro atoms. The first-order chi connectivity index (χ1) is 7.98. The SMILES string of the molecule is [NH3+][C@@H](c1ccc(-n2cccn2)cc1)[P+](O)(O)O. The highest BCUT2D eigenvalue weighted by atomic mass is 31.2. The fourth-order valence-electron chi connectivity index (χ4n) is 1.47. The lowest BCUT2D eigenvalue weighted by Gasteiger charge is -2.10. The molecule has 0 radical (unpaired) electrons. The third-order valence-electron chi connectivity index (χ3n) is 2.46. The number of rotatable bonds is 3. The Bertz CT molecular complexity index is 478. The van der Waals surface area contributed by atoms with Crippen LogP contribution in [0.1, 0.15) is 11.3 Å². The van der Waals surface area contributed by atoms with E-state index < -0.39 is 13.7 Å². The van der Waals surface area contributed by atoms with Crippen LogP contribution < -0.4 is 5.73 Å². The van der Waals surface area contributed by atoms with Crippen molar-refractivity contribution in [2.75, 3.05) is 0 Å². The monoisotopic (exact) mass is 255 g/mol. The van der Waals surface area contributed by atoms with E-state index in [1.54, 1.807) is 41.3 Å². The van der Waals surface area contributed by atoms with Gasteiger partial charge in [0.15, 0.2) is 0 Å². The summed E-state index contributed by atoms with van der Waals surface area (Å²) < 4.78 is 1.68. The Labute approximate surface area is 98.5 Å². The molecule has 0 fully saturated rings. The molecule has 0 unspecified atom stereocenters. The molecule has 2 rings (SSSR count). The summed E-state index contributed by atoms with van der Waals surface area (Å²) in [5, 5.41) is 4.07. The van der Waals surface area contributed by atoms with Gasteiger partial charge in [-0.1, -0.05) is 0 Å². The van der Waals surface area contributed by atoms with Crippen LogP contribution in [0.15, 0.2) is 42.7 Å². The first-order valence-corrected chi connectivity index (χ1v) is 6.70. The van der Waals surface area contributed by atoms with Gasteiger partial charge in [-0.3, -0.25) is 0 Å². The molecule has 6 nitrogen and oxygen atoms in total. The average Bonchev–Trinajstić information content (AvgIpc) is 2.80. The van der Waals surface area contributed by atoms with Crippen molar-refractivity contribution in [3.05, 3.63) is 48.3 Å². The van der Waals surface area contributed by atoms with Gasteiger partial charge in [-0.05, 0) is 30.3 Å². The quantitative estimate of drug-likeness (QED) is 0.572. The largest absolute Gasteiger partial charge is 0.470 e. The van der Waals surface area contributed by atoms with Crippen LogP contribution in [-0.4, -0.2) is 24.5 Å². The molecular formula is C10H14N3O3P+2. The van der Waals surface area contributed by atoms with E-state index in [2.05, 4.69) is 10.8 Å². The van der Waals surface area contributed by atoms with E-state index in [1.807, 2.05) is 6.07 Å². The summed E-state index contributed by atoms with van der Waals surface area (Å²) in [6.07, 6.45) is 3.47. The normalized spacial score (nSPS) is 13.6. The molecule has 1 aromatic heterocycles. The van der Waals surface area contributed by atoms with E-state index >= 15 is 0 Å². The lowest BCUT2D eigenvalue weighted by Crippen LogP contribution is -2.54. The number of hydrogen-bond donors (Lipinski definition) is 4. The van der Waals surface area contributed by atoms with Gasteiger partial charge in [-0.15, -0.1) is 0 Å². The first kappa shape index (κ1) is 12.2. The van der Waals surface area contributed by atoms with Crippen LogP contribution in [-0.2, 0) is 0 Å². The van der Waals surface area contributed by atoms with E-state index in [4.69, 9.17) is 14.7 Å². The van der Waals surface area contributed by atoms with Crippen LogP contribution in [0.3, 0.4) is 0 Å². The molecule has 0 amide bonds. The molecule has 0 saturated carbocycles. The van der Waals surface area contributed by atoms with Gasteiger partial charge in [0.1, 0.15) is 0 Å². The molecule has 0 bridgehead atoms. The standard InChI is InChI=1S/C10H13N3O3P/c11-10(17(14,15)16)8-2-4-9(5-3-8)13-7-1-6-12-13/h1-7,10,14-16H,11H2/q+1/p+1/t10-/m1/s1. The molecule has 0 aliphatic carbocycles. The maximum absolute atomic E-state index is 9.14. The summed E-state index contributed by atoms with van der Waals surface area (Å²) in [6, 6.07) is 8.73. The molecule has 90 valence electrons. The van der Waals surface area contributed by atoms with Crippen LogP contribution in [0.4, 0.5) is 0 Å². The molecule has 1 atom stereocenters. The van der Waals surface area contributed by atoms with Crippen molar-refractivity contribution >= 4 is 7.94 Å². The van der Waals surface area contributed by atoms with Crippen LogP contribution >= 0.6 is 7.94 Å². The Morgan fingerprint density at radius 3 is 2.29 bits per heavy atom. The Morgan fingerprint density at radius 1 is 1.18 bits per heavy atom. The predicted octanol–water partition coefficient (Wildman–Crippen LogP) is -0.148. The van der Waals surface area contributed by atoms with Crippen molar-refractivity contribution in [1.82, 2.24) is 9.78 Å². The molecule has 17 heavy (non-hydrogen) atoms. The van der Waals surface area contributed by atoms with Gasteiger partial charge in [0.05, 0.1) is 11.3 Å². The molecule has 0 saturated heterocycles. The minimum Gasteiger partial charge on any atom is -0.313 e. The van der Waals surface area contributed by atoms with Crippen molar-refractivity contribution in [2.24, 2.45) is 0 Å². The number of benzene rings is 1. The van der Waals surface area contributed by atoms with Gasteiger partial charge >= 0.3 is 7.94 Å². The van der Waals surface area contributed by atoms with Gasteiger partial charge < -0.3 is 5.73 Å². The molecular weight excluding hydrogens is 241 g/mol. The molecule has 6 N–H and O–H groups in total. The first-order valence-electron chi connectivity index (χ1n) is 4.98. The third kappa shape index (κ3) is 2.69.